The molecule has 0 atom stereocenters. The number of rotatable bonds is 7. The van der Waals surface area contributed by atoms with Crippen molar-refractivity contribution in [1.82, 2.24) is 14.1 Å². The lowest BCUT2D eigenvalue weighted by Crippen LogP contribution is -2.24. The van der Waals surface area contributed by atoms with Crippen LogP contribution in [0.2, 0.25) is 0 Å². The molecule has 0 saturated heterocycles. The summed E-state index contributed by atoms with van der Waals surface area (Å²) in [4.78, 5) is 31.7. The van der Waals surface area contributed by atoms with Crippen molar-refractivity contribution in [3.05, 3.63) is 105 Å². The molecular formula is C29H25BrN4O2S. The second kappa shape index (κ2) is 10.8. The quantitative estimate of drug-likeness (QED) is 0.180. The number of nitrogens with one attached hydrogen (secondary N) is 1. The summed E-state index contributed by atoms with van der Waals surface area (Å²) in [5.41, 5.74) is 5.42. The molecule has 5 aromatic rings. The van der Waals surface area contributed by atoms with Crippen LogP contribution in [0, 0.1) is 0 Å². The predicted molar refractivity (Wildman–Crippen MR) is 155 cm³/mol. The lowest BCUT2D eigenvalue weighted by Gasteiger charge is -2.14. The summed E-state index contributed by atoms with van der Waals surface area (Å²) < 4.78 is 4.32. The van der Waals surface area contributed by atoms with Crippen LogP contribution in [0.25, 0.3) is 27.8 Å². The second-order valence-corrected chi connectivity index (χ2v) is 10.5. The summed E-state index contributed by atoms with van der Waals surface area (Å²) in [6, 6.07) is 25.2. The number of hydrogen-bond donors (Lipinski definition) is 1. The number of nitrogens with zero attached hydrogens (tertiary/aromatic N) is 3. The first-order chi connectivity index (χ1) is 17.9. The molecule has 0 aliphatic carbocycles. The maximum absolute atomic E-state index is 13.9. The summed E-state index contributed by atoms with van der Waals surface area (Å²) >= 11 is 4.67. The molecule has 2 aromatic heterocycles. The zero-order chi connectivity index (χ0) is 25.9. The van der Waals surface area contributed by atoms with E-state index >= 15 is 0 Å². The van der Waals surface area contributed by atoms with Crippen LogP contribution in [0.15, 0.2) is 99.5 Å². The molecule has 0 spiro atoms. The van der Waals surface area contributed by atoms with Crippen molar-refractivity contribution in [3.63, 3.8) is 0 Å². The van der Waals surface area contributed by atoms with Crippen LogP contribution in [0.5, 0.6) is 0 Å². The van der Waals surface area contributed by atoms with Gasteiger partial charge in [0.2, 0.25) is 5.91 Å². The third-order valence-electron chi connectivity index (χ3n) is 6.09. The number of benzene rings is 3. The van der Waals surface area contributed by atoms with Gasteiger partial charge in [-0.2, -0.15) is 0 Å². The number of carbonyl (C=O) groups is 1. The van der Waals surface area contributed by atoms with Gasteiger partial charge in [-0.15, -0.1) is 0 Å². The molecule has 8 heteroatoms. The molecular weight excluding hydrogens is 548 g/mol. The minimum atomic E-state index is -0.179. The van der Waals surface area contributed by atoms with E-state index in [-0.39, 0.29) is 17.2 Å². The smallest absolute Gasteiger partial charge is 0.283 e. The van der Waals surface area contributed by atoms with Crippen molar-refractivity contribution in [2.45, 2.75) is 18.5 Å². The van der Waals surface area contributed by atoms with E-state index in [0.717, 1.165) is 22.0 Å². The van der Waals surface area contributed by atoms with Crippen LogP contribution in [0.3, 0.4) is 0 Å². The van der Waals surface area contributed by atoms with Crippen molar-refractivity contribution < 1.29 is 4.79 Å². The van der Waals surface area contributed by atoms with E-state index < -0.39 is 0 Å². The molecule has 186 valence electrons. The Kier molecular flexibility index (Phi) is 7.30. The van der Waals surface area contributed by atoms with Gasteiger partial charge in [-0.3, -0.25) is 14.2 Å². The second-order valence-electron chi connectivity index (χ2n) is 8.62. The largest absolute Gasteiger partial charge is 0.344 e. The molecule has 6 nitrogen and oxygen atoms in total. The van der Waals surface area contributed by atoms with Crippen LogP contribution >= 0.6 is 27.7 Å². The number of aromatic nitrogens is 3. The Bertz CT molecular complexity index is 1640. The fourth-order valence-corrected chi connectivity index (χ4v) is 5.45. The number of amides is 1. The minimum Gasteiger partial charge on any atom is -0.344 e. The van der Waals surface area contributed by atoms with E-state index in [2.05, 4.69) is 28.2 Å². The maximum atomic E-state index is 13.9. The highest BCUT2D eigenvalue weighted by atomic mass is 79.9. The van der Waals surface area contributed by atoms with Gasteiger partial charge in [0.05, 0.1) is 11.4 Å². The van der Waals surface area contributed by atoms with Gasteiger partial charge < -0.3 is 9.88 Å². The maximum Gasteiger partial charge on any atom is 0.283 e. The van der Waals surface area contributed by atoms with Crippen LogP contribution in [-0.2, 0) is 18.3 Å². The van der Waals surface area contributed by atoms with Gasteiger partial charge in [-0.25, -0.2) is 4.98 Å². The molecule has 0 saturated carbocycles. The normalized spacial score (nSPS) is 11.1. The lowest BCUT2D eigenvalue weighted by molar-refractivity contribution is -0.113. The van der Waals surface area contributed by atoms with E-state index in [9.17, 15) is 9.59 Å². The van der Waals surface area contributed by atoms with Crippen LogP contribution in [0.1, 0.15) is 12.5 Å². The Labute approximate surface area is 227 Å². The van der Waals surface area contributed by atoms with E-state index in [1.807, 2.05) is 96.7 Å². The number of carbonyl (C=O) groups excluding carboxylic acids is 1. The first kappa shape index (κ1) is 25.0. The third-order valence-corrected chi connectivity index (χ3v) is 7.52. The van der Waals surface area contributed by atoms with Crippen LogP contribution in [-0.4, -0.2) is 25.8 Å². The summed E-state index contributed by atoms with van der Waals surface area (Å²) in [7, 11) is 1.86. The van der Waals surface area contributed by atoms with Gasteiger partial charge >= 0.3 is 0 Å². The Hall–Kier alpha value is -3.62. The Morgan fingerprint density at radius 1 is 1.03 bits per heavy atom. The standard InChI is InChI=1S/C29H25BrN4O2S/c1-3-19-12-14-23(15-13-19)34-28(36)27-26(24(17-33(27)2)20-8-5-4-6-9-20)32-29(34)37-18-25(35)31-22-11-7-10-21(30)16-22/h4-17H,3,18H2,1-2H3,(H,31,35). The molecule has 2 heterocycles. The highest BCUT2D eigenvalue weighted by Crippen LogP contribution is 2.30. The highest BCUT2D eigenvalue weighted by Gasteiger charge is 2.20. The molecule has 37 heavy (non-hydrogen) atoms. The van der Waals surface area contributed by atoms with Crippen molar-refractivity contribution in [3.8, 4) is 16.8 Å². The molecule has 1 amide bonds. The van der Waals surface area contributed by atoms with E-state index in [4.69, 9.17) is 4.98 Å². The molecule has 0 unspecified atom stereocenters. The van der Waals surface area contributed by atoms with E-state index in [1.165, 1.54) is 17.3 Å². The number of fused-ring (bicyclic) bond motifs is 1. The Balaban J connectivity index is 1.59. The van der Waals surface area contributed by atoms with E-state index in [1.54, 1.807) is 4.57 Å². The first-order valence-corrected chi connectivity index (χ1v) is 13.7. The molecule has 0 aliphatic rings. The van der Waals surface area contributed by atoms with Gasteiger partial charge in [0.15, 0.2) is 5.16 Å². The fourth-order valence-electron chi connectivity index (χ4n) is 4.25. The number of hydrogen-bond acceptors (Lipinski definition) is 4. The zero-order valence-corrected chi connectivity index (χ0v) is 22.8. The Morgan fingerprint density at radius 2 is 1.78 bits per heavy atom. The van der Waals surface area contributed by atoms with Gasteiger partial charge in [-0.1, -0.05) is 83.1 Å². The van der Waals surface area contributed by atoms with E-state index in [0.29, 0.717) is 27.6 Å². The number of halogens is 1. The predicted octanol–water partition coefficient (Wildman–Crippen LogP) is 6.45. The zero-order valence-electron chi connectivity index (χ0n) is 20.4. The molecule has 1 N–H and O–H groups in total. The first-order valence-electron chi connectivity index (χ1n) is 11.9. The number of anilines is 1. The van der Waals surface area contributed by atoms with Gasteiger partial charge in [0, 0.05) is 29.0 Å². The molecule has 0 aliphatic heterocycles. The molecule has 0 radical (unpaired) electrons. The highest BCUT2D eigenvalue weighted by molar-refractivity contribution is 9.10. The van der Waals surface area contributed by atoms with Crippen molar-refractivity contribution in [2.24, 2.45) is 7.05 Å². The van der Waals surface area contributed by atoms with Gasteiger partial charge in [0.25, 0.3) is 5.56 Å². The van der Waals surface area contributed by atoms with Crippen molar-refractivity contribution in [2.75, 3.05) is 11.1 Å². The number of aryl methyl sites for hydroxylation is 2. The average molecular weight is 574 g/mol. The summed E-state index contributed by atoms with van der Waals surface area (Å²) in [5, 5.41) is 3.38. The van der Waals surface area contributed by atoms with Crippen LogP contribution < -0.4 is 10.9 Å². The molecule has 3 aromatic carbocycles. The van der Waals surface area contributed by atoms with Crippen LogP contribution in [0.4, 0.5) is 5.69 Å². The SMILES string of the molecule is CCc1ccc(-n2c(SCC(=O)Nc3cccc(Br)c3)nc3c(-c4ccccc4)cn(C)c3c2=O)cc1. The fraction of sp³-hybridized carbons (Fsp3) is 0.138. The van der Waals surface area contributed by atoms with Gasteiger partial charge in [0.1, 0.15) is 11.0 Å². The lowest BCUT2D eigenvalue weighted by atomic mass is 10.1. The monoisotopic (exact) mass is 572 g/mol. The molecule has 0 fully saturated rings. The molecule has 0 bridgehead atoms. The topological polar surface area (TPSA) is 68.9 Å². The number of thioether (sulfide) groups is 1. The average Bonchev–Trinajstić information content (AvgIpc) is 3.24. The molecule has 5 rings (SSSR count). The third kappa shape index (κ3) is 5.26. The van der Waals surface area contributed by atoms with Gasteiger partial charge in [-0.05, 0) is 47.9 Å². The summed E-state index contributed by atoms with van der Waals surface area (Å²) in [6.07, 6.45) is 2.84. The van der Waals surface area contributed by atoms with Crippen molar-refractivity contribution >= 4 is 50.3 Å². The minimum absolute atomic E-state index is 0.102. The summed E-state index contributed by atoms with van der Waals surface area (Å²) in [6.45, 7) is 2.09. The Morgan fingerprint density at radius 3 is 2.49 bits per heavy atom. The van der Waals surface area contributed by atoms with Crippen molar-refractivity contribution in [1.29, 1.82) is 0 Å². The summed E-state index contributed by atoms with van der Waals surface area (Å²) in [5.74, 6) is -0.0768.